The molecule has 2 aromatic rings. The van der Waals surface area contributed by atoms with Crippen LogP contribution in [-0.2, 0) is 4.74 Å². The quantitative estimate of drug-likeness (QED) is 0.759. The van der Waals surface area contributed by atoms with Crippen molar-refractivity contribution in [1.82, 2.24) is 4.98 Å². The van der Waals surface area contributed by atoms with E-state index in [2.05, 4.69) is 10.3 Å². The maximum atomic E-state index is 12.3. The number of hydrogen-bond acceptors (Lipinski definition) is 5. The van der Waals surface area contributed by atoms with E-state index in [-0.39, 0.29) is 18.3 Å². The minimum atomic E-state index is -0.265. The largest absolute Gasteiger partial charge is 0.490 e. The van der Waals surface area contributed by atoms with E-state index in [0.717, 1.165) is 0 Å². The molecule has 0 bridgehead atoms. The van der Waals surface area contributed by atoms with Crippen LogP contribution >= 0.6 is 12.4 Å². The molecule has 0 aliphatic heterocycles. The van der Waals surface area contributed by atoms with Crippen molar-refractivity contribution >= 4 is 29.8 Å². The first-order valence-corrected chi connectivity index (χ1v) is 7.03. The summed E-state index contributed by atoms with van der Waals surface area (Å²) in [6.07, 6.45) is 1.51. The van der Waals surface area contributed by atoms with Gasteiger partial charge in [-0.3, -0.25) is 4.79 Å². The number of anilines is 2. The van der Waals surface area contributed by atoms with Crippen molar-refractivity contribution in [2.75, 3.05) is 30.9 Å². The number of carbonyl (C=O) groups excluding carboxylic acids is 1. The zero-order valence-electron chi connectivity index (χ0n) is 12.8. The third-order valence-electron chi connectivity index (χ3n) is 2.87. The molecule has 0 saturated heterocycles. The molecule has 0 saturated carbocycles. The number of amides is 1. The fourth-order valence-corrected chi connectivity index (χ4v) is 1.81. The van der Waals surface area contributed by atoms with E-state index >= 15 is 0 Å². The summed E-state index contributed by atoms with van der Waals surface area (Å²) in [7, 11) is 0. The zero-order valence-corrected chi connectivity index (χ0v) is 13.6. The predicted molar refractivity (Wildman–Crippen MR) is 92.3 cm³/mol. The highest BCUT2D eigenvalue weighted by molar-refractivity contribution is 6.06. The number of nitrogen functional groups attached to an aromatic ring is 1. The second-order valence-electron chi connectivity index (χ2n) is 4.47. The fraction of sp³-hybridized carbons (Fsp3) is 0.250. The number of nitrogens with one attached hydrogen (secondary N) is 1. The summed E-state index contributed by atoms with van der Waals surface area (Å²) in [5.74, 6) is 0.652. The molecule has 0 unspecified atom stereocenters. The first kappa shape index (κ1) is 18.7. The van der Waals surface area contributed by atoms with Gasteiger partial charge in [0.25, 0.3) is 5.91 Å². The Morgan fingerprint density at radius 2 is 2.00 bits per heavy atom. The molecule has 0 aliphatic carbocycles. The molecule has 7 heteroatoms. The smallest absolute Gasteiger partial charge is 0.259 e. The number of halogens is 1. The molecule has 0 spiro atoms. The van der Waals surface area contributed by atoms with Gasteiger partial charge in [-0.15, -0.1) is 12.4 Å². The lowest BCUT2D eigenvalue weighted by molar-refractivity contribution is 0.0998. The van der Waals surface area contributed by atoms with Crippen molar-refractivity contribution in [2.24, 2.45) is 0 Å². The van der Waals surface area contributed by atoms with E-state index in [1.54, 1.807) is 30.3 Å². The van der Waals surface area contributed by atoms with Gasteiger partial charge >= 0.3 is 0 Å². The van der Waals surface area contributed by atoms with E-state index in [1.165, 1.54) is 6.20 Å². The number of hydrogen-bond donors (Lipinski definition) is 2. The number of ether oxygens (including phenoxy) is 2. The Labute approximate surface area is 141 Å². The predicted octanol–water partition coefficient (Wildman–Crippen LogP) is 2.75. The van der Waals surface area contributed by atoms with Gasteiger partial charge in [-0.25, -0.2) is 4.98 Å². The van der Waals surface area contributed by atoms with Gasteiger partial charge in [0.1, 0.15) is 18.2 Å². The van der Waals surface area contributed by atoms with Gasteiger partial charge in [0.05, 0.1) is 24.1 Å². The third-order valence-corrected chi connectivity index (χ3v) is 2.87. The van der Waals surface area contributed by atoms with Gasteiger partial charge in [-0.05, 0) is 31.2 Å². The van der Waals surface area contributed by atoms with E-state index in [9.17, 15) is 4.79 Å². The van der Waals surface area contributed by atoms with Gasteiger partial charge in [-0.1, -0.05) is 12.1 Å². The minimum absolute atomic E-state index is 0. The molecule has 0 aliphatic rings. The van der Waals surface area contributed by atoms with E-state index in [0.29, 0.717) is 42.6 Å². The van der Waals surface area contributed by atoms with Gasteiger partial charge in [-0.2, -0.15) is 0 Å². The Bertz CT molecular complexity index is 620. The summed E-state index contributed by atoms with van der Waals surface area (Å²) in [4.78, 5) is 16.3. The molecule has 0 atom stereocenters. The maximum absolute atomic E-state index is 12.3. The molecule has 23 heavy (non-hydrogen) atoms. The Balaban J connectivity index is 0.00000264. The highest BCUT2D eigenvalue weighted by Crippen LogP contribution is 2.19. The minimum Gasteiger partial charge on any atom is -0.490 e. The number of nitrogens with zero attached hydrogens (tertiary/aromatic N) is 1. The lowest BCUT2D eigenvalue weighted by atomic mass is 10.2. The second-order valence-corrected chi connectivity index (χ2v) is 4.47. The zero-order chi connectivity index (χ0) is 15.8. The van der Waals surface area contributed by atoms with Gasteiger partial charge < -0.3 is 20.5 Å². The number of pyridine rings is 1. The molecule has 124 valence electrons. The van der Waals surface area contributed by atoms with E-state index in [1.807, 2.05) is 13.0 Å². The molecule has 0 fully saturated rings. The lowest BCUT2D eigenvalue weighted by Crippen LogP contribution is -2.15. The summed E-state index contributed by atoms with van der Waals surface area (Å²) in [6.45, 7) is 3.42. The van der Waals surface area contributed by atoms with Crippen LogP contribution in [-0.4, -0.2) is 30.7 Å². The van der Waals surface area contributed by atoms with Crippen LogP contribution in [0.5, 0.6) is 5.75 Å². The molecule has 1 amide bonds. The summed E-state index contributed by atoms with van der Waals surface area (Å²) in [5.41, 5.74) is 6.54. The summed E-state index contributed by atoms with van der Waals surface area (Å²) < 4.78 is 10.8. The number of rotatable bonds is 7. The molecular weight excluding hydrogens is 318 g/mol. The summed E-state index contributed by atoms with van der Waals surface area (Å²) in [6, 6.07) is 10.4. The number of carbonyl (C=O) groups is 1. The SMILES string of the molecule is CCOCCOc1ccccc1C(=O)Nc1ccc(N)nc1.Cl. The highest BCUT2D eigenvalue weighted by atomic mass is 35.5. The third kappa shape index (κ3) is 5.77. The number of benzene rings is 1. The van der Waals surface area contributed by atoms with Crippen LogP contribution in [0.1, 0.15) is 17.3 Å². The first-order chi connectivity index (χ1) is 10.7. The molecular formula is C16H20ClN3O3. The Morgan fingerprint density at radius 1 is 1.22 bits per heavy atom. The topological polar surface area (TPSA) is 86.5 Å². The van der Waals surface area contributed by atoms with Crippen molar-refractivity contribution < 1.29 is 14.3 Å². The van der Waals surface area contributed by atoms with Crippen molar-refractivity contribution in [3.63, 3.8) is 0 Å². The summed E-state index contributed by atoms with van der Waals surface area (Å²) in [5, 5.41) is 2.76. The van der Waals surface area contributed by atoms with Gasteiger partial charge in [0.15, 0.2) is 0 Å². The van der Waals surface area contributed by atoms with Gasteiger partial charge in [0.2, 0.25) is 0 Å². The van der Waals surface area contributed by atoms with Crippen LogP contribution in [0.4, 0.5) is 11.5 Å². The standard InChI is InChI=1S/C16H19N3O3.ClH/c1-2-21-9-10-22-14-6-4-3-5-13(14)16(20)19-12-7-8-15(17)18-11-12;/h3-8,11H,2,9-10H2,1H3,(H2,17,18)(H,19,20);1H. The molecule has 0 radical (unpaired) electrons. The van der Waals surface area contributed by atoms with E-state index in [4.69, 9.17) is 15.2 Å². The average Bonchev–Trinajstić information content (AvgIpc) is 2.54. The van der Waals surface area contributed by atoms with Gasteiger partial charge in [0, 0.05) is 6.61 Å². The number of para-hydroxylation sites is 1. The average molecular weight is 338 g/mol. The van der Waals surface area contributed by atoms with Crippen LogP contribution in [0, 0.1) is 0 Å². The monoisotopic (exact) mass is 337 g/mol. The van der Waals surface area contributed by atoms with Crippen molar-refractivity contribution in [1.29, 1.82) is 0 Å². The molecule has 2 rings (SSSR count). The lowest BCUT2D eigenvalue weighted by Gasteiger charge is -2.11. The molecule has 3 N–H and O–H groups in total. The fourth-order valence-electron chi connectivity index (χ4n) is 1.81. The van der Waals surface area contributed by atoms with Crippen molar-refractivity contribution in [3.8, 4) is 5.75 Å². The normalized spacial score (nSPS) is 9.78. The van der Waals surface area contributed by atoms with Crippen LogP contribution in [0.2, 0.25) is 0 Å². The van der Waals surface area contributed by atoms with Crippen LogP contribution < -0.4 is 15.8 Å². The highest BCUT2D eigenvalue weighted by Gasteiger charge is 2.12. The van der Waals surface area contributed by atoms with E-state index < -0.39 is 0 Å². The van der Waals surface area contributed by atoms with Crippen molar-refractivity contribution in [2.45, 2.75) is 6.92 Å². The molecule has 1 aromatic carbocycles. The van der Waals surface area contributed by atoms with Crippen LogP contribution in [0.15, 0.2) is 42.6 Å². The second kappa shape index (κ2) is 9.66. The van der Waals surface area contributed by atoms with Crippen LogP contribution in [0.3, 0.4) is 0 Å². The summed E-state index contributed by atoms with van der Waals surface area (Å²) >= 11 is 0. The Kier molecular flexibility index (Phi) is 7.87. The maximum Gasteiger partial charge on any atom is 0.259 e. The molecule has 1 heterocycles. The van der Waals surface area contributed by atoms with Crippen LogP contribution in [0.25, 0.3) is 0 Å². The molecule has 1 aromatic heterocycles. The molecule has 6 nitrogen and oxygen atoms in total. The Hall–Kier alpha value is -2.31. The Morgan fingerprint density at radius 3 is 2.70 bits per heavy atom. The number of aromatic nitrogens is 1. The number of nitrogens with two attached hydrogens (primary N) is 1. The van der Waals surface area contributed by atoms with Crippen molar-refractivity contribution in [3.05, 3.63) is 48.2 Å². The first-order valence-electron chi connectivity index (χ1n) is 7.03.